The van der Waals surface area contributed by atoms with Crippen molar-refractivity contribution < 1.29 is 13.6 Å². The molecule has 0 bridgehead atoms. The zero-order valence-electron chi connectivity index (χ0n) is 11.6. The molecule has 0 amide bonds. The fourth-order valence-electron chi connectivity index (χ4n) is 1.08. The summed E-state index contributed by atoms with van der Waals surface area (Å²) in [6.45, 7) is 9.74. The Bertz CT molecular complexity index is 302. The molecule has 0 aliphatic rings. The zero-order valence-corrected chi connectivity index (χ0v) is 12.5. The van der Waals surface area contributed by atoms with Crippen molar-refractivity contribution in [2.45, 2.75) is 27.7 Å². The summed E-state index contributed by atoms with van der Waals surface area (Å²) in [5.41, 5.74) is 0. The van der Waals surface area contributed by atoms with Crippen molar-refractivity contribution in [2.75, 3.05) is 13.2 Å². The monoisotopic (exact) mass is 270 g/mol. The first-order valence-corrected chi connectivity index (χ1v) is 7.46. The van der Waals surface area contributed by atoms with E-state index in [1.54, 1.807) is 0 Å². The fraction of sp³-hybridized carbons (Fsp3) is 0.571. The van der Waals surface area contributed by atoms with Crippen LogP contribution in [-0.2, 0) is 9.05 Å². The predicted molar refractivity (Wildman–Crippen MR) is 75.6 cm³/mol. The maximum absolute atomic E-state index is 5.74. The van der Waals surface area contributed by atoms with Crippen LogP contribution in [0.2, 0.25) is 0 Å². The summed E-state index contributed by atoms with van der Waals surface area (Å²) in [5.74, 6) is 1.73. The van der Waals surface area contributed by atoms with Crippen LogP contribution in [0, 0.1) is 11.8 Å². The SMILES string of the molecule is CC(C)COP(OCC(C)C)Oc1ccccc1. The minimum atomic E-state index is -1.30. The Morgan fingerprint density at radius 1 is 0.889 bits per heavy atom. The molecule has 4 heteroatoms. The molecule has 0 saturated heterocycles. The van der Waals surface area contributed by atoms with E-state index in [1.807, 2.05) is 30.3 Å². The Balaban J connectivity index is 2.48. The van der Waals surface area contributed by atoms with E-state index in [1.165, 1.54) is 0 Å². The van der Waals surface area contributed by atoms with Gasteiger partial charge in [-0.2, -0.15) is 0 Å². The van der Waals surface area contributed by atoms with Crippen molar-refractivity contribution in [3.05, 3.63) is 30.3 Å². The minimum Gasteiger partial charge on any atom is -0.427 e. The van der Waals surface area contributed by atoms with E-state index >= 15 is 0 Å². The lowest BCUT2D eigenvalue weighted by atomic mass is 10.2. The zero-order chi connectivity index (χ0) is 13.4. The van der Waals surface area contributed by atoms with Gasteiger partial charge in [-0.15, -0.1) is 0 Å². The molecule has 3 nitrogen and oxygen atoms in total. The van der Waals surface area contributed by atoms with Crippen LogP contribution in [0.25, 0.3) is 0 Å². The first-order chi connectivity index (χ1) is 8.58. The average Bonchev–Trinajstić information content (AvgIpc) is 2.33. The molecule has 18 heavy (non-hydrogen) atoms. The molecule has 1 aromatic rings. The van der Waals surface area contributed by atoms with Gasteiger partial charge in [0.05, 0.1) is 13.2 Å². The first-order valence-electron chi connectivity index (χ1n) is 6.37. The topological polar surface area (TPSA) is 27.7 Å². The molecule has 0 fully saturated rings. The van der Waals surface area contributed by atoms with Gasteiger partial charge in [0.25, 0.3) is 0 Å². The first kappa shape index (κ1) is 15.4. The standard InChI is InChI=1S/C14H23O3P/c1-12(2)10-15-18(16-11-13(3)4)17-14-8-6-5-7-9-14/h5-9,12-13H,10-11H2,1-4H3. The maximum atomic E-state index is 5.74. The molecular weight excluding hydrogens is 247 g/mol. The molecule has 0 aliphatic heterocycles. The quantitative estimate of drug-likeness (QED) is 0.644. The molecule has 0 heterocycles. The lowest BCUT2D eigenvalue weighted by Crippen LogP contribution is -2.06. The molecule has 0 saturated carbocycles. The smallest absolute Gasteiger partial charge is 0.397 e. The van der Waals surface area contributed by atoms with E-state index in [0.29, 0.717) is 25.0 Å². The Morgan fingerprint density at radius 2 is 1.39 bits per heavy atom. The Labute approximate surface area is 111 Å². The van der Waals surface area contributed by atoms with E-state index in [0.717, 1.165) is 5.75 Å². The third-order valence-electron chi connectivity index (χ3n) is 1.95. The second-order valence-electron chi connectivity index (χ2n) is 5.01. The summed E-state index contributed by atoms with van der Waals surface area (Å²) in [4.78, 5) is 0. The molecule has 0 spiro atoms. The summed E-state index contributed by atoms with van der Waals surface area (Å²) in [7, 11) is -1.30. The summed E-state index contributed by atoms with van der Waals surface area (Å²) in [5, 5.41) is 0. The number of hydrogen-bond acceptors (Lipinski definition) is 3. The van der Waals surface area contributed by atoms with Crippen molar-refractivity contribution >= 4 is 8.60 Å². The Kier molecular flexibility index (Phi) is 7.26. The second-order valence-corrected chi connectivity index (χ2v) is 6.15. The van der Waals surface area contributed by atoms with Gasteiger partial charge in [0, 0.05) is 0 Å². The molecule has 1 rings (SSSR count). The second kappa shape index (κ2) is 8.47. The number of benzene rings is 1. The lowest BCUT2D eigenvalue weighted by Gasteiger charge is -2.19. The summed E-state index contributed by atoms with van der Waals surface area (Å²) in [6.07, 6.45) is 0. The highest BCUT2D eigenvalue weighted by Gasteiger charge is 2.16. The summed E-state index contributed by atoms with van der Waals surface area (Å²) >= 11 is 0. The van der Waals surface area contributed by atoms with Gasteiger partial charge < -0.3 is 13.6 Å². The van der Waals surface area contributed by atoms with Gasteiger partial charge in [-0.05, 0) is 24.0 Å². The molecule has 0 atom stereocenters. The highest BCUT2D eigenvalue weighted by molar-refractivity contribution is 7.42. The van der Waals surface area contributed by atoms with Gasteiger partial charge in [-0.25, -0.2) is 0 Å². The van der Waals surface area contributed by atoms with Gasteiger partial charge >= 0.3 is 8.60 Å². The third-order valence-corrected chi connectivity index (χ3v) is 3.03. The highest BCUT2D eigenvalue weighted by Crippen LogP contribution is 2.41. The highest BCUT2D eigenvalue weighted by atomic mass is 31.2. The van der Waals surface area contributed by atoms with Gasteiger partial charge in [0.1, 0.15) is 5.75 Å². The van der Waals surface area contributed by atoms with Gasteiger partial charge in [0.2, 0.25) is 0 Å². The summed E-state index contributed by atoms with van der Waals surface area (Å²) < 4.78 is 17.1. The van der Waals surface area contributed by atoms with Crippen molar-refractivity contribution in [2.24, 2.45) is 11.8 Å². The van der Waals surface area contributed by atoms with Crippen LogP contribution in [-0.4, -0.2) is 13.2 Å². The Morgan fingerprint density at radius 3 is 1.83 bits per heavy atom. The van der Waals surface area contributed by atoms with Gasteiger partial charge in [-0.3, -0.25) is 0 Å². The summed E-state index contributed by atoms with van der Waals surface area (Å²) in [6, 6.07) is 9.65. The number of hydrogen-bond donors (Lipinski definition) is 0. The fourth-order valence-corrected chi connectivity index (χ4v) is 2.39. The van der Waals surface area contributed by atoms with E-state index in [9.17, 15) is 0 Å². The maximum Gasteiger partial charge on any atom is 0.397 e. The molecule has 0 aliphatic carbocycles. The van der Waals surface area contributed by atoms with Crippen LogP contribution in [0.4, 0.5) is 0 Å². The van der Waals surface area contributed by atoms with E-state index in [2.05, 4.69) is 27.7 Å². The van der Waals surface area contributed by atoms with Crippen LogP contribution >= 0.6 is 8.60 Å². The van der Waals surface area contributed by atoms with Crippen LogP contribution in [0.5, 0.6) is 5.75 Å². The van der Waals surface area contributed by atoms with Gasteiger partial charge in [-0.1, -0.05) is 45.9 Å². The molecule has 102 valence electrons. The van der Waals surface area contributed by atoms with Crippen molar-refractivity contribution in [3.63, 3.8) is 0 Å². The molecule has 0 aromatic heterocycles. The minimum absolute atomic E-state index is 0.469. The van der Waals surface area contributed by atoms with Crippen LogP contribution in [0.3, 0.4) is 0 Å². The van der Waals surface area contributed by atoms with Crippen molar-refractivity contribution in [1.82, 2.24) is 0 Å². The largest absolute Gasteiger partial charge is 0.427 e. The molecule has 0 unspecified atom stereocenters. The number of rotatable bonds is 8. The lowest BCUT2D eigenvalue weighted by molar-refractivity contribution is 0.174. The van der Waals surface area contributed by atoms with Crippen LogP contribution < -0.4 is 4.52 Å². The van der Waals surface area contributed by atoms with Crippen molar-refractivity contribution in [1.29, 1.82) is 0 Å². The number of para-hydroxylation sites is 1. The van der Waals surface area contributed by atoms with E-state index in [-0.39, 0.29) is 0 Å². The van der Waals surface area contributed by atoms with Gasteiger partial charge in [0.15, 0.2) is 0 Å². The molecule has 0 N–H and O–H groups in total. The third kappa shape index (κ3) is 6.95. The molecule has 0 radical (unpaired) electrons. The van der Waals surface area contributed by atoms with E-state index < -0.39 is 8.60 Å². The van der Waals surface area contributed by atoms with E-state index in [4.69, 9.17) is 13.6 Å². The van der Waals surface area contributed by atoms with Crippen LogP contribution in [0.1, 0.15) is 27.7 Å². The normalized spacial score (nSPS) is 11.5. The molecular formula is C14H23O3P. The predicted octanol–water partition coefficient (Wildman–Crippen LogP) is 4.64. The Hall–Kier alpha value is -0.630. The average molecular weight is 270 g/mol. The van der Waals surface area contributed by atoms with Crippen LogP contribution in [0.15, 0.2) is 30.3 Å². The van der Waals surface area contributed by atoms with Crippen molar-refractivity contribution in [3.8, 4) is 5.75 Å². The molecule has 1 aromatic carbocycles.